The molecule has 0 aromatic heterocycles. The summed E-state index contributed by atoms with van der Waals surface area (Å²) >= 11 is 9.89. The molecular weight excluding hydrogens is 355 g/mol. The summed E-state index contributed by atoms with van der Waals surface area (Å²) in [6.07, 6.45) is 0. The number of thiol groups is 1. The molecule has 122 valence electrons. The summed E-state index contributed by atoms with van der Waals surface area (Å²) in [5.74, 6) is -0.664. The molecule has 0 saturated carbocycles. The standard InChI is InChI=1S/C16H10ClFN2O3S/c17-9-5-6-10(13(21)16(9)24)20-12-11(14(22)15(12)23)19-8-3-1-7(18)2-4-8/h1-6,19-21,24H. The lowest BCUT2D eigenvalue weighted by Crippen LogP contribution is -2.35. The molecule has 8 heteroatoms. The maximum Gasteiger partial charge on any atom is 0.253 e. The first-order chi connectivity index (χ1) is 11.4. The van der Waals surface area contributed by atoms with Crippen LogP contribution in [0.3, 0.4) is 0 Å². The number of benzene rings is 2. The van der Waals surface area contributed by atoms with Crippen molar-refractivity contribution in [3.8, 4) is 5.75 Å². The van der Waals surface area contributed by atoms with Crippen LogP contribution in [0, 0.1) is 5.82 Å². The molecule has 0 spiro atoms. The quantitative estimate of drug-likeness (QED) is 0.323. The molecule has 0 amide bonds. The Kier molecular flexibility index (Phi) is 4.21. The van der Waals surface area contributed by atoms with Crippen molar-refractivity contribution in [1.29, 1.82) is 0 Å². The summed E-state index contributed by atoms with van der Waals surface area (Å²) in [5.41, 5.74) is -0.784. The molecular formula is C16H10ClFN2O3S. The van der Waals surface area contributed by atoms with Crippen molar-refractivity contribution < 1.29 is 9.50 Å². The molecule has 0 atom stereocenters. The van der Waals surface area contributed by atoms with Gasteiger partial charge in [-0.15, -0.1) is 12.6 Å². The normalized spacial score (nSPS) is 10.8. The molecule has 0 aliphatic rings. The van der Waals surface area contributed by atoms with Crippen LogP contribution in [0.2, 0.25) is 5.02 Å². The van der Waals surface area contributed by atoms with Gasteiger partial charge in [0.2, 0.25) is 0 Å². The van der Waals surface area contributed by atoms with Crippen LogP contribution in [0.25, 0.3) is 0 Å². The SMILES string of the molecule is O=c1c(Nc2ccc(F)cc2)c(Nc2ccc(Cl)c(S)c2O)c1=O. The van der Waals surface area contributed by atoms with E-state index in [1.54, 1.807) is 0 Å². The zero-order valence-corrected chi connectivity index (χ0v) is 13.6. The summed E-state index contributed by atoms with van der Waals surface area (Å²) in [7, 11) is 0. The zero-order valence-electron chi connectivity index (χ0n) is 11.9. The van der Waals surface area contributed by atoms with Crippen LogP contribution in [0.15, 0.2) is 50.9 Å². The molecule has 3 rings (SSSR count). The number of nitrogens with one attached hydrogen (secondary N) is 2. The number of phenols is 1. The first-order valence-electron chi connectivity index (χ1n) is 6.72. The number of phenolic OH excluding ortho intramolecular Hbond substituents is 1. The van der Waals surface area contributed by atoms with Gasteiger partial charge in [-0.3, -0.25) is 9.59 Å². The molecule has 0 radical (unpaired) electrons. The van der Waals surface area contributed by atoms with Gasteiger partial charge < -0.3 is 15.7 Å². The second-order valence-electron chi connectivity index (χ2n) is 4.96. The third kappa shape index (κ3) is 2.83. The van der Waals surface area contributed by atoms with Crippen LogP contribution in [-0.2, 0) is 0 Å². The van der Waals surface area contributed by atoms with Crippen LogP contribution < -0.4 is 21.5 Å². The third-order valence-electron chi connectivity index (χ3n) is 3.39. The van der Waals surface area contributed by atoms with Crippen LogP contribution in [0.4, 0.5) is 27.1 Å². The molecule has 0 fully saturated rings. The molecule has 0 saturated heterocycles. The second kappa shape index (κ2) is 6.18. The van der Waals surface area contributed by atoms with Gasteiger partial charge in [-0.05, 0) is 36.4 Å². The van der Waals surface area contributed by atoms with Gasteiger partial charge in [0.15, 0.2) is 5.75 Å². The summed E-state index contributed by atoms with van der Waals surface area (Å²) in [6, 6.07) is 8.25. The van der Waals surface area contributed by atoms with E-state index in [1.807, 2.05) is 0 Å². The minimum Gasteiger partial charge on any atom is -0.505 e. The van der Waals surface area contributed by atoms with E-state index in [0.717, 1.165) is 0 Å². The lowest BCUT2D eigenvalue weighted by Gasteiger charge is -2.16. The van der Waals surface area contributed by atoms with E-state index in [9.17, 15) is 19.1 Å². The van der Waals surface area contributed by atoms with Crippen molar-refractivity contribution in [3.63, 3.8) is 0 Å². The first-order valence-corrected chi connectivity index (χ1v) is 7.54. The van der Waals surface area contributed by atoms with Crippen molar-refractivity contribution in [2.45, 2.75) is 4.90 Å². The fourth-order valence-electron chi connectivity index (χ4n) is 2.10. The van der Waals surface area contributed by atoms with E-state index in [4.69, 9.17) is 11.6 Å². The lowest BCUT2D eigenvalue weighted by molar-refractivity contribution is 0.465. The van der Waals surface area contributed by atoms with Gasteiger partial charge in [-0.1, -0.05) is 11.6 Å². The fraction of sp³-hybridized carbons (Fsp3) is 0. The molecule has 5 nitrogen and oxygen atoms in total. The van der Waals surface area contributed by atoms with Crippen molar-refractivity contribution in [1.82, 2.24) is 0 Å². The zero-order chi connectivity index (χ0) is 17.4. The van der Waals surface area contributed by atoms with Crippen LogP contribution in [-0.4, -0.2) is 5.11 Å². The molecule has 3 aromatic rings. The van der Waals surface area contributed by atoms with Gasteiger partial charge >= 0.3 is 0 Å². The Morgan fingerprint density at radius 3 is 2.17 bits per heavy atom. The van der Waals surface area contributed by atoms with Gasteiger partial charge in [0.25, 0.3) is 10.9 Å². The monoisotopic (exact) mass is 364 g/mol. The van der Waals surface area contributed by atoms with E-state index in [-0.39, 0.29) is 32.7 Å². The van der Waals surface area contributed by atoms with Gasteiger partial charge in [0, 0.05) is 5.69 Å². The third-order valence-corrected chi connectivity index (χ3v) is 4.28. The average Bonchev–Trinajstić information content (AvgIpc) is 2.59. The van der Waals surface area contributed by atoms with Gasteiger partial charge in [0.05, 0.1) is 15.6 Å². The average molecular weight is 365 g/mol. The fourth-order valence-corrected chi connectivity index (χ4v) is 2.45. The predicted molar refractivity (Wildman–Crippen MR) is 94.7 cm³/mol. The van der Waals surface area contributed by atoms with Crippen molar-refractivity contribution in [3.05, 3.63) is 67.7 Å². The van der Waals surface area contributed by atoms with Crippen LogP contribution in [0.5, 0.6) is 5.75 Å². The first kappa shape index (κ1) is 16.4. The Hall–Kier alpha value is -2.51. The number of aromatic hydroxyl groups is 1. The summed E-state index contributed by atoms with van der Waals surface area (Å²) in [6.45, 7) is 0. The van der Waals surface area contributed by atoms with Crippen LogP contribution >= 0.6 is 24.2 Å². The Morgan fingerprint density at radius 2 is 1.54 bits per heavy atom. The van der Waals surface area contributed by atoms with E-state index >= 15 is 0 Å². The molecule has 3 N–H and O–H groups in total. The topological polar surface area (TPSA) is 78.4 Å². The highest BCUT2D eigenvalue weighted by Gasteiger charge is 2.22. The van der Waals surface area contributed by atoms with E-state index < -0.39 is 16.7 Å². The largest absolute Gasteiger partial charge is 0.505 e. The van der Waals surface area contributed by atoms with E-state index in [0.29, 0.717) is 5.69 Å². The van der Waals surface area contributed by atoms with Crippen molar-refractivity contribution in [2.75, 3.05) is 10.6 Å². The van der Waals surface area contributed by atoms with Crippen LogP contribution in [0.1, 0.15) is 0 Å². The van der Waals surface area contributed by atoms with Gasteiger partial charge in [-0.25, -0.2) is 4.39 Å². The molecule has 3 aromatic carbocycles. The summed E-state index contributed by atoms with van der Waals surface area (Å²) < 4.78 is 12.9. The minimum atomic E-state index is -0.727. The van der Waals surface area contributed by atoms with E-state index in [2.05, 4.69) is 23.3 Å². The second-order valence-corrected chi connectivity index (χ2v) is 5.81. The Bertz CT molecular complexity index is 998. The Labute approximate surface area is 145 Å². The molecule has 0 aliphatic carbocycles. The van der Waals surface area contributed by atoms with Crippen molar-refractivity contribution >= 4 is 47.0 Å². The smallest absolute Gasteiger partial charge is 0.253 e. The molecule has 0 unspecified atom stereocenters. The number of rotatable bonds is 4. The molecule has 0 aliphatic heterocycles. The summed E-state index contributed by atoms with van der Waals surface area (Å²) in [5, 5.41) is 15.7. The molecule has 24 heavy (non-hydrogen) atoms. The Balaban J connectivity index is 1.92. The molecule has 0 heterocycles. The number of hydrogen-bond acceptors (Lipinski definition) is 6. The van der Waals surface area contributed by atoms with Gasteiger partial charge in [0.1, 0.15) is 17.2 Å². The highest BCUT2D eigenvalue weighted by molar-refractivity contribution is 7.80. The van der Waals surface area contributed by atoms with Gasteiger partial charge in [-0.2, -0.15) is 0 Å². The highest BCUT2D eigenvalue weighted by Crippen LogP contribution is 2.38. The highest BCUT2D eigenvalue weighted by atomic mass is 35.5. The maximum atomic E-state index is 12.9. The molecule has 0 bridgehead atoms. The maximum absolute atomic E-state index is 12.9. The number of hydrogen-bond donors (Lipinski definition) is 4. The van der Waals surface area contributed by atoms with Crippen molar-refractivity contribution in [2.24, 2.45) is 0 Å². The number of halogens is 2. The Morgan fingerprint density at radius 1 is 0.958 bits per heavy atom. The number of anilines is 4. The minimum absolute atomic E-state index is 0.00493. The lowest BCUT2D eigenvalue weighted by atomic mass is 10.1. The van der Waals surface area contributed by atoms with E-state index in [1.165, 1.54) is 36.4 Å². The predicted octanol–water partition coefficient (Wildman–Crippen LogP) is 3.56. The summed E-state index contributed by atoms with van der Waals surface area (Å²) in [4.78, 5) is 23.7.